The van der Waals surface area contributed by atoms with Crippen molar-refractivity contribution in [1.29, 1.82) is 0 Å². The lowest BCUT2D eigenvalue weighted by Gasteiger charge is -2.52. The Morgan fingerprint density at radius 1 is 1.32 bits per heavy atom. The van der Waals surface area contributed by atoms with Crippen LogP contribution in [0.25, 0.3) is 11.0 Å². The first-order valence-electron chi connectivity index (χ1n) is 8.25. The molecular weight excluding hydrogens is 298 g/mol. The molecule has 1 saturated carbocycles. The van der Waals surface area contributed by atoms with E-state index >= 15 is 0 Å². The highest BCUT2D eigenvalue weighted by molar-refractivity contribution is 6.32. The van der Waals surface area contributed by atoms with Gasteiger partial charge >= 0.3 is 0 Å². The molecule has 4 nitrogen and oxygen atoms in total. The van der Waals surface area contributed by atoms with Gasteiger partial charge in [-0.3, -0.25) is 4.90 Å². The molecule has 6 rings (SSSR count). The van der Waals surface area contributed by atoms with Crippen molar-refractivity contribution in [2.45, 2.75) is 44.2 Å². The molecule has 4 fully saturated rings. The third-order valence-corrected chi connectivity index (χ3v) is 6.51. The Bertz CT molecular complexity index is 744. The summed E-state index contributed by atoms with van der Waals surface area (Å²) in [5.74, 6) is 1.66. The Hall–Kier alpha value is -1.26. The van der Waals surface area contributed by atoms with Gasteiger partial charge in [-0.2, -0.15) is 0 Å². The summed E-state index contributed by atoms with van der Waals surface area (Å²) in [6.07, 6.45) is 5.25. The Labute approximate surface area is 134 Å². The normalized spacial score (nSPS) is 31.8. The quantitative estimate of drug-likeness (QED) is 0.914. The Kier molecular flexibility index (Phi) is 2.63. The molecule has 1 unspecified atom stereocenters. The van der Waals surface area contributed by atoms with Gasteiger partial charge in [0, 0.05) is 22.2 Å². The van der Waals surface area contributed by atoms with Crippen LogP contribution in [-0.2, 0) is 0 Å². The maximum absolute atomic E-state index is 6.18. The van der Waals surface area contributed by atoms with E-state index in [-0.39, 0.29) is 0 Å². The molecule has 0 amide bonds. The fourth-order valence-corrected chi connectivity index (χ4v) is 4.83. The number of aryl methyl sites for hydroxylation is 1. The molecule has 5 heteroatoms. The topological polar surface area (TPSA) is 41.3 Å². The van der Waals surface area contributed by atoms with Gasteiger partial charge in [0.15, 0.2) is 11.4 Å². The zero-order valence-electron chi connectivity index (χ0n) is 12.7. The standard InChI is InChI=1S/C17H20ClN3O/c1-10-13(18)3-2-12-14(10)22-20-16(12)19-15-11-4-8-21(9-5-11)17(15)6-7-17/h2-3,11,15H,4-9H2,1H3,(H,19,20). The Morgan fingerprint density at radius 2 is 2.09 bits per heavy atom. The molecule has 2 aromatic rings. The van der Waals surface area contributed by atoms with E-state index in [4.69, 9.17) is 16.1 Å². The molecule has 4 heterocycles. The average Bonchev–Trinajstić information content (AvgIpc) is 3.21. The van der Waals surface area contributed by atoms with E-state index in [1.807, 2.05) is 19.1 Å². The molecule has 3 aliphatic heterocycles. The summed E-state index contributed by atoms with van der Waals surface area (Å²) in [6.45, 7) is 4.53. The van der Waals surface area contributed by atoms with Crippen molar-refractivity contribution in [1.82, 2.24) is 10.1 Å². The summed E-state index contributed by atoms with van der Waals surface area (Å²) in [7, 11) is 0. The van der Waals surface area contributed by atoms with Gasteiger partial charge in [0.25, 0.3) is 0 Å². The summed E-state index contributed by atoms with van der Waals surface area (Å²) in [5.41, 5.74) is 2.17. The van der Waals surface area contributed by atoms with E-state index < -0.39 is 0 Å². The zero-order chi connectivity index (χ0) is 14.9. The van der Waals surface area contributed by atoms with Crippen molar-refractivity contribution in [2.75, 3.05) is 18.4 Å². The summed E-state index contributed by atoms with van der Waals surface area (Å²) in [4.78, 5) is 2.70. The predicted octanol–water partition coefficient (Wildman–Crippen LogP) is 3.83. The van der Waals surface area contributed by atoms with Gasteiger partial charge in [0.2, 0.25) is 0 Å². The lowest BCUT2D eigenvalue weighted by atomic mass is 9.77. The molecule has 1 aromatic heterocycles. The molecular formula is C17H20ClN3O. The predicted molar refractivity (Wildman–Crippen MR) is 87.4 cm³/mol. The summed E-state index contributed by atoms with van der Waals surface area (Å²) in [6, 6.07) is 4.47. The van der Waals surface area contributed by atoms with Crippen LogP contribution in [0, 0.1) is 12.8 Å². The van der Waals surface area contributed by atoms with E-state index in [2.05, 4.69) is 15.4 Å². The van der Waals surface area contributed by atoms with Gasteiger partial charge in [-0.1, -0.05) is 16.8 Å². The third kappa shape index (κ3) is 1.65. The van der Waals surface area contributed by atoms with E-state index in [1.165, 1.54) is 38.8 Å². The van der Waals surface area contributed by atoms with E-state index in [0.717, 1.165) is 33.3 Å². The number of benzene rings is 1. The molecule has 1 aliphatic carbocycles. The van der Waals surface area contributed by atoms with Gasteiger partial charge in [0.1, 0.15) is 0 Å². The highest BCUT2D eigenvalue weighted by atomic mass is 35.5. The van der Waals surface area contributed by atoms with Gasteiger partial charge < -0.3 is 9.84 Å². The molecule has 4 aliphatic rings. The number of rotatable bonds is 2. The van der Waals surface area contributed by atoms with Gasteiger partial charge in [-0.15, -0.1) is 0 Å². The van der Waals surface area contributed by atoms with Crippen LogP contribution in [0.2, 0.25) is 5.02 Å². The first-order chi connectivity index (χ1) is 10.7. The molecule has 1 spiro atoms. The van der Waals surface area contributed by atoms with E-state index in [1.54, 1.807) is 0 Å². The van der Waals surface area contributed by atoms with Crippen LogP contribution in [0.15, 0.2) is 16.7 Å². The molecule has 2 bridgehead atoms. The molecule has 1 aromatic carbocycles. The molecule has 0 radical (unpaired) electrons. The molecule has 3 saturated heterocycles. The van der Waals surface area contributed by atoms with Crippen molar-refractivity contribution >= 4 is 28.4 Å². The maximum atomic E-state index is 6.18. The Morgan fingerprint density at radius 3 is 2.82 bits per heavy atom. The third-order valence-electron chi connectivity index (χ3n) is 6.10. The van der Waals surface area contributed by atoms with Crippen LogP contribution in [0.4, 0.5) is 5.82 Å². The number of hydrogen-bond donors (Lipinski definition) is 1. The number of nitrogens with one attached hydrogen (secondary N) is 1. The first-order valence-corrected chi connectivity index (χ1v) is 8.63. The van der Waals surface area contributed by atoms with Crippen LogP contribution in [-0.4, -0.2) is 34.7 Å². The fraction of sp³-hybridized carbons (Fsp3) is 0.588. The largest absolute Gasteiger partial charge is 0.362 e. The second-order valence-corrected chi connectivity index (χ2v) is 7.54. The average molecular weight is 318 g/mol. The second-order valence-electron chi connectivity index (χ2n) is 7.13. The first kappa shape index (κ1) is 13.2. The second kappa shape index (κ2) is 4.39. The monoisotopic (exact) mass is 317 g/mol. The minimum absolute atomic E-state index is 0.397. The van der Waals surface area contributed by atoms with Crippen LogP contribution in [0.3, 0.4) is 0 Å². The van der Waals surface area contributed by atoms with Gasteiger partial charge in [-0.05, 0) is 63.7 Å². The van der Waals surface area contributed by atoms with Crippen molar-refractivity contribution in [3.8, 4) is 0 Å². The fourth-order valence-electron chi connectivity index (χ4n) is 4.68. The minimum atomic E-state index is 0.397. The number of hydrogen-bond acceptors (Lipinski definition) is 4. The lowest BCUT2D eigenvalue weighted by Crippen LogP contribution is -2.62. The van der Waals surface area contributed by atoms with Crippen molar-refractivity contribution in [3.05, 3.63) is 22.7 Å². The Balaban J connectivity index is 1.53. The van der Waals surface area contributed by atoms with Crippen molar-refractivity contribution in [3.63, 3.8) is 0 Å². The summed E-state index contributed by atoms with van der Waals surface area (Å²) in [5, 5.41) is 9.83. The van der Waals surface area contributed by atoms with Gasteiger partial charge in [-0.25, -0.2) is 0 Å². The number of fused-ring (bicyclic) bond motifs is 3. The summed E-state index contributed by atoms with van der Waals surface area (Å²) < 4.78 is 5.56. The van der Waals surface area contributed by atoms with Crippen LogP contribution in [0.1, 0.15) is 31.2 Å². The number of nitrogens with zero attached hydrogens (tertiary/aromatic N) is 2. The van der Waals surface area contributed by atoms with Crippen molar-refractivity contribution < 1.29 is 4.52 Å². The van der Waals surface area contributed by atoms with Crippen molar-refractivity contribution in [2.24, 2.45) is 5.92 Å². The molecule has 1 N–H and O–H groups in total. The lowest BCUT2D eigenvalue weighted by molar-refractivity contribution is 0.0202. The van der Waals surface area contributed by atoms with Gasteiger partial charge in [0.05, 0.1) is 5.39 Å². The maximum Gasteiger partial charge on any atom is 0.177 e. The van der Waals surface area contributed by atoms with E-state index in [0.29, 0.717) is 11.6 Å². The minimum Gasteiger partial charge on any atom is -0.362 e. The summed E-state index contributed by atoms with van der Waals surface area (Å²) >= 11 is 6.18. The van der Waals surface area contributed by atoms with E-state index in [9.17, 15) is 0 Å². The smallest absolute Gasteiger partial charge is 0.177 e. The highest BCUT2D eigenvalue weighted by Crippen LogP contribution is 2.54. The zero-order valence-corrected chi connectivity index (χ0v) is 13.5. The number of halogens is 1. The van der Waals surface area contributed by atoms with Crippen LogP contribution in [0.5, 0.6) is 0 Å². The number of piperidine rings is 3. The van der Waals surface area contributed by atoms with Crippen LogP contribution >= 0.6 is 11.6 Å². The molecule has 1 atom stereocenters. The number of anilines is 1. The molecule has 22 heavy (non-hydrogen) atoms. The highest BCUT2D eigenvalue weighted by Gasteiger charge is 2.60. The number of aromatic nitrogens is 1. The van der Waals surface area contributed by atoms with Crippen LogP contribution < -0.4 is 5.32 Å². The molecule has 116 valence electrons. The SMILES string of the molecule is Cc1c(Cl)ccc2c(NC3C4CCN(CC4)C34CC4)noc12.